The number of aromatic nitrogens is 4. The zero-order valence-corrected chi connectivity index (χ0v) is 10.2. The molecule has 0 fully saturated rings. The largest absolute Gasteiger partial charge is 1.00 e. The number of hydrogen-bond donors (Lipinski definition) is 1. The predicted molar refractivity (Wildman–Crippen MR) is 47.7 cm³/mol. The molecule has 0 aliphatic carbocycles. The van der Waals surface area contributed by atoms with E-state index in [0.717, 1.165) is 4.57 Å². The predicted octanol–water partition coefficient (Wildman–Crippen LogP) is -3.92. The van der Waals surface area contributed by atoms with E-state index in [4.69, 9.17) is 0 Å². The van der Waals surface area contributed by atoms with Gasteiger partial charge in [-0.05, 0) is 0 Å². The van der Waals surface area contributed by atoms with E-state index in [-0.39, 0.29) is 42.2 Å². The second-order valence-corrected chi connectivity index (χ2v) is 2.81. The molecule has 0 saturated carbocycles. The minimum Gasteiger partial charge on any atom is -1.00 e. The van der Waals surface area contributed by atoms with Crippen molar-refractivity contribution in [3.63, 3.8) is 0 Å². The Bertz CT molecular complexity index is 585. The molecule has 2 aromatic rings. The van der Waals surface area contributed by atoms with Crippen LogP contribution >= 0.6 is 0 Å². The average molecular weight is 204 g/mol. The number of hydrogen-bond acceptors (Lipinski definition) is 3. The van der Waals surface area contributed by atoms with Crippen molar-refractivity contribution in [2.75, 3.05) is 0 Å². The zero-order valence-electron chi connectivity index (χ0n) is 9.24. The van der Waals surface area contributed by atoms with Crippen LogP contribution in [0.2, 0.25) is 0 Å². The monoisotopic (exact) mass is 204 g/mol. The summed E-state index contributed by atoms with van der Waals surface area (Å²) in [6.45, 7) is 0. The van der Waals surface area contributed by atoms with Gasteiger partial charge in [-0.15, -0.1) is 0 Å². The van der Waals surface area contributed by atoms with Crippen molar-refractivity contribution < 1.29 is 31.0 Å². The van der Waals surface area contributed by atoms with Gasteiger partial charge in [-0.3, -0.25) is 13.9 Å². The van der Waals surface area contributed by atoms with E-state index in [9.17, 15) is 9.59 Å². The van der Waals surface area contributed by atoms with Crippen LogP contribution in [-0.2, 0) is 14.1 Å². The molecule has 0 radical (unpaired) electrons. The fraction of sp³-hybridized carbons (Fsp3) is 0.286. The van der Waals surface area contributed by atoms with Gasteiger partial charge in [0.05, 0.1) is 6.33 Å². The Morgan fingerprint density at radius 3 is 2.64 bits per heavy atom. The first-order valence-electron chi connectivity index (χ1n) is 3.72. The van der Waals surface area contributed by atoms with E-state index in [1.165, 1.54) is 17.9 Å². The zero-order chi connectivity index (χ0) is 9.59. The maximum atomic E-state index is 11.4. The van der Waals surface area contributed by atoms with Crippen molar-refractivity contribution in [2.24, 2.45) is 14.1 Å². The molecular formula is C7H9N4NaO2. The van der Waals surface area contributed by atoms with Crippen molar-refractivity contribution in [1.82, 2.24) is 19.1 Å². The summed E-state index contributed by atoms with van der Waals surface area (Å²) in [4.78, 5) is 29.4. The van der Waals surface area contributed by atoms with E-state index >= 15 is 0 Å². The van der Waals surface area contributed by atoms with Crippen LogP contribution in [0, 0.1) is 0 Å². The molecule has 14 heavy (non-hydrogen) atoms. The Hall–Kier alpha value is -0.850. The van der Waals surface area contributed by atoms with Crippen molar-refractivity contribution in [3.05, 3.63) is 27.2 Å². The third-order valence-corrected chi connectivity index (χ3v) is 2.03. The van der Waals surface area contributed by atoms with E-state index < -0.39 is 0 Å². The Morgan fingerprint density at radius 2 is 2.00 bits per heavy atom. The molecule has 2 aromatic heterocycles. The molecule has 0 atom stereocenters. The van der Waals surface area contributed by atoms with Gasteiger partial charge in [0.15, 0.2) is 5.65 Å². The first-order chi connectivity index (χ1) is 6.13. The summed E-state index contributed by atoms with van der Waals surface area (Å²) in [6, 6.07) is 0. The molecule has 0 saturated heterocycles. The third kappa shape index (κ3) is 1.35. The van der Waals surface area contributed by atoms with E-state index in [0.29, 0.717) is 11.2 Å². The first-order valence-corrected chi connectivity index (χ1v) is 3.72. The van der Waals surface area contributed by atoms with Gasteiger partial charge in [0, 0.05) is 14.1 Å². The number of fused-ring (bicyclic) bond motifs is 1. The maximum absolute atomic E-state index is 11.4. The van der Waals surface area contributed by atoms with E-state index in [1.54, 1.807) is 7.05 Å². The molecular weight excluding hydrogens is 195 g/mol. The number of aryl methyl sites for hydroxylation is 1. The van der Waals surface area contributed by atoms with Gasteiger partial charge < -0.3 is 6.41 Å². The minimum absolute atomic E-state index is 0. The standard InChI is InChI=1S/C7H8N4O2.Na.H/c1-10-5-4(8-3-9-5)6(12)11(2)7(10)13;;/h3H,1-2H3,(H,8,9);;/q;+1;-1. The smallest absolute Gasteiger partial charge is 1.00 e. The topological polar surface area (TPSA) is 72.7 Å². The molecule has 0 unspecified atom stereocenters. The maximum Gasteiger partial charge on any atom is 1.00 e. The second-order valence-electron chi connectivity index (χ2n) is 2.81. The summed E-state index contributed by atoms with van der Waals surface area (Å²) in [6.07, 6.45) is 1.39. The van der Waals surface area contributed by atoms with Crippen LogP contribution in [0.15, 0.2) is 15.9 Å². The van der Waals surface area contributed by atoms with Gasteiger partial charge in [0.2, 0.25) is 0 Å². The fourth-order valence-corrected chi connectivity index (χ4v) is 1.27. The molecule has 0 amide bonds. The normalized spacial score (nSPS) is 10.1. The second kappa shape index (κ2) is 3.72. The summed E-state index contributed by atoms with van der Waals surface area (Å²) in [5, 5.41) is 0. The summed E-state index contributed by atoms with van der Waals surface area (Å²) in [7, 11) is 3.01. The summed E-state index contributed by atoms with van der Waals surface area (Å²) in [5.41, 5.74) is 0.0119. The van der Waals surface area contributed by atoms with Gasteiger partial charge in [0.1, 0.15) is 5.52 Å². The molecule has 0 bridgehead atoms. The van der Waals surface area contributed by atoms with Gasteiger partial charge in [-0.25, -0.2) is 9.78 Å². The van der Waals surface area contributed by atoms with Crippen LogP contribution in [0.3, 0.4) is 0 Å². The molecule has 0 aliphatic heterocycles. The molecule has 6 nitrogen and oxygen atoms in total. The summed E-state index contributed by atoms with van der Waals surface area (Å²) < 4.78 is 2.37. The van der Waals surface area contributed by atoms with Crippen LogP contribution in [0.4, 0.5) is 0 Å². The van der Waals surface area contributed by atoms with Crippen molar-refractivity contribution >= 4 is 11.2 Å². The SMILES string of the molecule is Cn1c(=O)c2[nH]cnc2n(C)c1=O.[H-].[Na+]. The average Bonchev–Trinajstić information content (AvgIpc) is 2.59. The van der Waals surface area contributed by atoms with Gasteiger partial charge in [0.25, 0.3) is 5.56 Å². The molecule has 2 rings (SSSR count). The van der Waals surface area contributed by atoms with E-state index in [2.05, 4.69) is 9.97 Å². The van der Waals surface area contributed by atoms with Crippen LogP contribution in [0.25, 0.3) is 11.2 Å². The molecule has 2 heterocycles. The quantitative estimate of drug-likeness (QED) is 0.445. The number of imidazole rings is 1. The van der Waals surface area contributed by atoms with E-state index in [1.807, 2.05) is 0 Å². The Morgan fingerprint density at radius 1 is 1.36 bits per heavy atom. The van der Waals surface area contributed by atoms with Crippen LogP contribution in [0.1, 0.15) is 1.43 Å². The van der Waals surface area contributed by atoms with Crippen molar-refractivity contribution in [2.45, 2.75) is 0 Å². The number of rotatable bonds is 0. The summed E-state index contributed by atoms with van der Waals surface area (Å²) >= 11 is 0. The Labute approximate surface area is 102 Å². The van der Waals surface area contributed by atoms with Crippen LogP contribution in [0.5, 0.6) is 0 Å². The van der Waals surface area contributed by atoms with Crippen molar-refractivity contribution in [1.29, 1.82) is 0 Å². The summed E-state index contributed by atoms with van der Waals surface area (Å²) in [5.74, 6) is 0. The van der Waals surface area contributed by atoms with Crippen LogP contribution in [-0.4, -0.2) is 19.1 Å². The van der Waals surface area contributed by atoms with Gasteiger partial charge >= 0.3 is 35.2 Å². The van der Waals surface area contributed by atoms with Gasteiger partial charge in [-0.1, -0.05) is 0 Å². The fourth-order valence-electron chi connectivity index (χ4n) is 1.27. The first kappa shape index (κ1) is 11.2. The van der Waals surface area contributed by atoms with Gasteiger partial charge in [-0.2, -0.15) is 0 Å². The number of aromatic amines is 1. The Kier molecular flexibility index (Phi) is 2.98. The molecule has 0 aromatic carbocycles. The Balaban J connectivity index is 0.000000980. The number of H-pyrrole nitrogens is 1. The molecule has 70 valence electrons. The molecule has 7 heteroatoms. The van der Waals surface area contributed by atoms with Crippen LogP contribution < -0.4 is 40.8 Å². The van der Waals surface area contributed by atoms with Crippen molar-refractivity contribution in [3.8, 4) is 0 Å². The third-order valence-electron chi connectivity index (χ3n) is 2.03. The minimum atomic E-state index is -0.371. The number of nitrogens with one attached hydrogen (secondary N) is 1. The molecule has 0 aliphatic rings. The molecule has 0 spiro atoms. The number of nitrogens with zero attached hydrogens (tertiary/aromatic N) is 3. The molecule has 1 N–H and O–H groups in total.